The van der Waals surface area contributed by atoms with E-state index in [-0.39, 0.29) is 29.9 Å². The van der Waals surface area contributed by atoms with Crippen LogP contribution in [0, 0.1) is 5.82 Å². The van der Waals surface area contributed by atoms with Gasteiger partial charge >= 0.3 is 0 Å². The van der Waals surface area contributed by atoms with Crippen LogP contribution in [-0.2, 0) is 28.3 Å². The van der Waals surface area contributed by atoms with Crippen LogP contribution in [0.1, 0.15) is 16.7 Å². The monoisotopic (exact) mass is 518 g/mol. The van der Waals surface area contributed by atoms with Crippen LogP contribution in [0.25, 0.3) is 0 Å². The van der Waals surface area contributed by atoms with Crippen molar-refractivity contribution in [2.45, 2.75) is 24.8 Å². The quantitative estimate of drug-likeness (QED) is 0.371. The summed E-state index contributed by atoms with van der Waals surface area (Å²) in [6.07, 6.45) is 0.365. The van der Waals surface area contributed by atoms with Crippen LogP contribution in [-0.4, -0.2) is 35.6 Å². The first-order valence-corrected chi connectivity index (χ1v) is 12.6. The molecule has 8 heteroatoms. The van der Waals surface area contributed by atoms with Gasteiger partial charge in [-0.2, -0.15) is 0 Å². The summed E-state index contributed by atoms with van der Waals surface area (Å²) in [5.74, 6) is -0.571. The van der Waals surface area contributed by atoms with Crippen LogP contribution >= 0.6 is 35.0 Å². The van der Waals surface area contributed by atoms with E-state index < -0.39 is 11.9 Å². The Hall–Kier alpha value is -2.54. The lowest BCUT2D eigenvalue weighted by Crippen LogP contribution is -2.50. The summed E-state index contributed by atoms with van der Waals surface area (Å²) in [7, 11) is 1.56. The molecule has 0 aliphatic rings. The molecule has 0 aliphatic heterocycles. The largest absolute Gasteiger partial charge is 0.357 e. The number of carbonyl (C=O) groups excluding carboxylic acids is 2. The summed E-state index contributed by atoms with van der Waals surface area (Å²) in [6, 6.07) is 20.5. The minimum Gasteiger partial charge on any atom is -0.357 e. The molecular weight excluding hydrogens is 494 g/mol. The normalized spacial score (nSPS) is 11.6. The van der Waals surface area contributed by atoms with E-state index in [9.17, 15) is 14.0 Å². The topological polar surface area (TPSA) is 49.4 Å². The van der Waals surface area contributed by atoms with E-state index in [1.54, 1.807) is 36.2 Å². The van der Waals surface area contributed by atoms with Gasteiger partial charge in [0.2, 0.25) is 11.8 Å². The van der Waals surface area contributed by atoms with Crippen molar-refractivity contribution >= 4 is 46.8 Å². The first-order valence-electron chi connectivity index (χ1n) is 10.7. The Labute approximate surface area is 213 Å². The Kier molecular flexibility index (Phi) is 9.81. The number of benzene rings is 3. The Bertz CT molecular complexity index is 1090. The van der Waals surface area contributed by atoms with Gasteiger partial charge < -0.3 is 10.2 Å². The summed E-state index contributed by atoms with van der Waals surface area (Å²) in [5.41, 5.74) is 2.15. The number of thioether (sulfide) groups is 1. The number of carbonyl (C=O) groups is 2. The fourth-order valence-electron chi connectivity index (χ4n) is 3.50. The number of nitrogens with one attached hydrogen (secondary N) is 1. The van der Waals surface area contributed by atoms with Gasteiger partial charge in [0, 0.05) is 41.4 Å². The van der Waals surface area contributed by atoms with Crippen molar-refractivity contribution in [1.29, 1.82) is 0 Å². The average molecular weight is 519 g/mol. The second-order valence-corrected chi connectivity index (χ2v) is 9.49. The minimum absolute atomic E-state index is 0.0700. The first-order chi connectivity index (χ1) is 16.4. The molecule has 0 spiro atoms. The predicted molar refractivity (Wildman–Crippen MR) is 138 cm³/mol. The highest BCUT2D eigenvalue weighted by Gasteiger charge is 2.29. The molecule has 4 nitrogen and oxygen atoms in total. The van der Waals surface area contributed by atoms with Gasteiger partial charge in [-0.25, -0.2) is 4.39 Å². The van der Waals surface area contributed by atoms with Crippen molar-refractivity contribution in [3.05, 3.63) is 105 Å². The van der Waals surface area contributed by atoms with Gasteiger partial charge in [0.15, 0.2) is 0 Å². The van der Waals surface area contributed by atoms with Crippen molar-refractivity contribution in [2.24, 2.45) is 0 Å². The molecule has 1 N–H and O–H groups in total. The van der Waals surface area contributed by atoms with E-state index in [1.807, 2.05) is 42.5 Å². The van der Waals surface area contributed by atoms with Crippen LogP contribution in [0.2, 0.25) is 10.0 Å². The van der Waals surface area contributed by atoms with Gasteiger partial charge in [0.25, 0.3) is 0 Å². The molecule has 0 heterocycles. The molecule has 0 fully saturated rings. The van der Waals surface area contributed by atoms with Gasteiger partial charge in [0.1, 0.15) is 11.9 Å². The van der Waals surface area contributed by atoms with Crippen molar-refractivity contribution in [3.8, 4) is 0 Å². The molecular formula is C26H25Cl2FN2O2S. The summed E-state index contributed by atoms with van der Waals surface area (Å²) in [4.78, 5) is 27.9. The smallest absolute Gasteiger partial charge is 0.242 e. The molecule has 2 amide bonds. The van der Waals surface area contributed by atoms with Crippen molar-refractivity contribution in [2.75, 3.05) is 12.8 Å². The highest BCUT2D eigenvalue weighted by Crippen LogP contribution is 2.25. The molecule has 0 aromatic heterocycles. The molecule has 0 unspecified atom stereocenters. The highest BCUT2D eigenvalue weighted by atomic mass is 35.5. The Morgan fingerprint density at radius 2 is 1.68 bits per heavy atom. The van der Waals surface area contributed by atoms with E-state index in [2.05, 4.69) is 5.32 Å². The second-order valence-electron chi connectivity index (χ2n) is 7.66. The van der Waals surface area contributed by atoms with Crippen molar-refractivity contribution in [3.63, 3.8) is 0 Å². The Morgan fingerprint density at radius 1 is 0.971 bits per heavy atom. The maximum absolute atomic E-state index is 14.1. The van der Waals surface area contributed by atoms with E-state index in [4.69, 9.17) is 23.2 Å². The van der Waals surface area contributed by atoms with Gasteiger partial charge in [-0.3, -0.25) is 9.59 Å². The Morgan fingerprint density at radius 3 is 2.32 bits per heavy atom. The van der Waals surface area contributed by atoms with Gasteiger partial charge in [-0.05, 0) is 35.4 Å². The molecule has 0 aliphatic carbocycles. The highest BCUT2D eigenvalue weighted by molar-refractivity contribution is 7.99. The first kappa shape index (κ1) is 26.1. The molecule has 0 saturated heterocycles. The van der Waals surface area contributed by atoms with Crippen LogP contribution in [0.3, 0.4) is 0 Å². The fraction of sp³-hybridized carbons (Fsp3) is 0.231. The van der Waals surface area contributed by atoms with Crippen molar-refractivity contribution in [1.82, 2.24) is 10.2 Å². The van der Waals surface area contributed by atoms with Gasteiger partial charge in [-0.1, -0.05) is 71.7 Å². The number of hydrogen-bond acceptors (Lipinski definition) is 3. The maximum atomic E-state index is 14.1. The Balaban J connectivity index is 1.82. The number of halogens is 3. The zero-order chi connectivity index (χ0) is 24.5. The minimum atomic E-state index is -0.715. The number of rotatable bonds is 10. The van der Waals surface area contributed by atoms with E-state index in [0.29, 0.717) is 22.0 Å². The number of nitrogens with zero attached hydrogens (tertiary/aromatic N) is 1. The third-order valence-electron chi connectivity index (χ3n) is 5.32. The molecule has 0 bridgehead atoms. The zero-order valence-corrected chi connectivity index (χ0v) is 21.0. The van der Waals surface area contributed by atoms with E-state index >= 15 is 0 Å². The lowest BCUT2D eigenvalue weighted by molar-refractivity contribution is -0.139. The summed E-state index contributed by atoms with van der Waals surface area (Å²) >= 11 is 13.4. The van der Waals surface area contributed by atoms with Crippen LogP contribution < -0.4 is 5.32 Å². The second kappa shape index (κ2) is 12.8. The molecule has 0 saturated carbocycles. The number of likely N-dealkylation sites (N-methyl/N-ethyl adjacent to an activating group) is 1. The number of amides is 2. The lowest BCUT2D eigenvalue weighted by Gasteiger charge is -2.31. The van der Waals surface area contributed by atoms with Gasteiger partial charge in [-0.15, -0.1) is 11.8 Å². The number of hydrogen-bond donors (Lipinski definition) is 1. The van der Waals surface area contributed by atoms with Crippen LogP contribution in [0.4, 0.5) is 4.39 Å². The van der Waals surface area contributed by atoms with Crippen LogP contribution in [0.5, 0.6) is 0 Å². The molecule has 3 rings (SSSR count). The predicted octanol–water partition coefficient (Wildman–Crippen LogP) is 5.75. The maximum Gasteiger partial charge on any atom is 0.242 e. The molecule has 0 radical (unpaired) electrons. The third-order valence-corrected chi connectivity index (χ3v) is 6.87. The molecule has 34 heavy (non-hydrogen) atoms. The summed E-state index contributed by atoms with van der Waals surface area (Å²) < 4.78 is 14.1. The third kappa shape index (κ3) is 7.23. The molecule has 1 atom stereocenters. The summed E-state index contributed by atoms with van der Waals surface area (Å²) in [6.45, 7) is 0.238. The fourth-order valence-corrected chi connectivity index (χ4v) is 4.88. The molecule has 3 aromatic rings. The molecule has 178 valence electrons. The van der Waals surface area contributed by atoms with Gasteiger partial charge in [0.05, 0.1) is 5.75 Å². The standard InChI is InChI=1S/C26H25Cl2FN2O2S/c1-30-26(33)24(14-18-6-3-2-4-7-18)31(15-19-10-12-20(27)13-11-19)25(32)17-34-16-21-22(28)8-5-9-23(21)29/h2-13,24H,14-17H2,1H3,(H,30,33)/t24-/m0/s1. The average Bonchev–Trinajstić information content (AvgIpc) is 2.84. The summed E-state index contributed by atoms with van der Waals surface area (Å²) in [5, 5.41) is 3.60. The molecule has 3 aromatic carbocycles. The zero-order valence-electron chi connectivity index (χ0n) is 18.6. The van der Waals surface area contributed by atoms with Crippen molar-refractivity contribution < 1.29 is 14.0 Å². The van der Waals surface area contributed by atoms with E-state index in [0.717, 1.165) is 11.1 Å². The lowest BCUT2D eigenvalue weighted by atomic mass is 10.0. The SMILES string of the molecule is CNC(=O)[C@H](Cc1ccccc1)N(Cc1ccc(Cl)cc1)C(=O)CSCc1c(F)cccc1Cl. The van der Waals surface area contributed by atoms with E-state index in [1.165, 1.54) is 17.8 Å². The van der Waals surface area contributed by atoms with Crippen LogP contribution in [0.15, 0.2) is 72.8 Å².